The molecular formula is C17H22N2O4S. The first-order valence-corrected chi connectivity index (χ1v) is 9.32. The molecule has 2 amide bonds. The van der Waals surface area contributed by atoms with Crippen molar-refractivity contribution in [3.63, 3.8) is 0 Å². The van der Waals surface area contributed by atoms with Crippen molar-refractivity contribution in [3.8, 4) is 0 Å². The van der Waals surface area contributed by atoms with Crippen molar-refractivity contribution in [1.29, 1.82) is 0 Å². The predicted molar refractivity (Wildman–Crippen MR) is 91.4 cm³/mol. The second-order valence-electron chi connectivity index (χ2n) is 6.04. The fourth-order valence-electron chi connectivity index (χ4n) is 3.11. The highest BCUT2D eigenvalue weighted by Gasteiger charge is 2.40. The van der Waals surface area contributed by atoms with Gasteiger partial charge in [-0.15, -0.1) is 11.8 Å². The van der Waals surface area contributed by atoms with Gasteiger partial charge in [-0.2, -0.15) is 0 Å². The molecule has 2 aliphatic rings. The SMILES string of the molecule is O=C([C@@H]1CCCN1C(=O)OCc1ccccc1)N1CSC[C@H]1CO. The highest BCUT2D eigenvalue weighted by Crippen LogP contribution is 2.26. The maximum Gasteiger partial charge on any atom is 0.410 e. The zero-order valence-corrected chi connectivity index (χ0v) is 14.3. The van der Waals surface area contributed by atoms with E-state index in [-0.39, 0.29) is 25.2 Å². The molecule has 1 N–H and O–H groups in total. The molecule has 0 saturated carbocycles. The monoisotopic (exact) mass is 350 g/mol. The van der Waals surface area contributed by atoms with Crippen molar-refractivity contribution in [3.05, 3.63) is 35.9 Å². The van der Waals surface area contributed by atoms with Crippen molar-refractivity contribution in [2.45, 2.75) is 31.5 Å². The number of carbonyl (C=O) groups excluding carboxylic acids is 2. The van der Waals surface area contributed by atoms with Crippen molar-refractivity contribution < 1.29 is 19.4 Å². The van der Waals surface area contributed by atoms with E-state index in [0.29, 0.717) is 18.8 Å². The number of aliphatic hydroxyl groups is 1. The van der Waals surface area contributed by atoms with Crippen LogP contribution in [0.2, 0.25) is 0 Å². The molecule has 0 bridgehead atoms. The Morgan fingerprint density at radius 3 is 2.79 bits per heavy atom. The van der Waals surface area contributed by atoms with Gasteiger partial charge in [0.25, 0.3) is 0 Å². The molecule has 0 radical (unpaired) electrons. The number of thioether (sulfide) groups is 1. The molecule has 0 aliphatic carbocycles. The van der Waals surface area contributed by atoms with Crippen LogP contribution in [0, 0.1) is 0 Å². The Labute approximate surface area is 145 Å². The predicted octanol–water partition coefficient (Wildman–Crippen LogP) is 1.68. The summed E-state index contributed by atoms with van der Waals surface area (Å²) in [5.41, 5.74) is 0.921. The third kappa shape index (κ3) is 3.67. The minimum Gasteiger partial charge on any atom is -0.445 e. The lowest BCUT2D eigenvalue weighted by atomic mass is 10.1. The van der Waals surface area contributed by atoms with Crippen LogP contribution in [0.15, 0.2) is 30.3 Å². The molecule has 7 heteroatoms. The largest absolute Gasteiger partial charge is 0.445 e. The van der Waals surface area contributed by atoms with Gasteiger partial charge >= 0.3 is 6.09 Å². The van der Waals surface area contributed by atoms with Crippen LogP contribution in [-0.4, -0.2) is 63.8 Å². The van der Waals surface area contributed by atoms with Crippen LogP contribution in [-0.2, 0) is 16.1 Å². The van der Waals surface area contributed by atoms with E-state index >= 15 is 0 Å². The van der Waals surface area contributed by atoms with Crippen molar-refractivity contribution in [2.75, 3.05) is 24.8 Å². The van der Waals surface area contributed by atoms with Gasteiger partial charge in [-0.05, 0) is 18.4 Å². The van der Waals surface area contributed by atoms with Gasteiger partial charge in [-0.25, -0.2) is 4.79 Å². The highest BCUT2D eigenvalue weighted by atomic mass is 32.2. The second-order valence-corrected chi connectivity index (χ2v) is 7.04. The molecule has 1 aromatic carbocycles. The summed E-state index contributed by atoms with van der Waals surface area (Å²) in [6.45, 7) is 0.703. The number of rotatable bonds is 4. The summed E-state index contributed by atoms with van der Waals surface area (Å²) in [5, 5.41) is 9.40. The summed E-state index contributed by atoms with van der Waals surface area (Å²) < 4.78 is 5.37. The van der Waals surface area contributed by atoms with Gasteiger partial charge in [-0.3, -0.25) is 9.69 Å². The maximum atomic E-state index is 12.8. The molecule has 0 spiro atoms. The minimum atomic E-state index is -0.471. The maximum absolute atomic E-state index is 12.8. The topological polar surface area (TPSA) is 70.1 Å². The van der Waals surface area contributed by atoms with Gasteiger partial charge in [0, 0.05) is 12.3 Å². The summed E-state index contributed by atoms with van der Waals surface area (Å²) in [4.78, 5) is 28.4. The first kappa shape index (κ1) is 17.1. The number of aliphatic hydroxyl groups excluding tert-OH is 1. The van der Waals surface area contributed by atoms with Crippen LogP contribution in [0.1, 0.15) is 18.4 Å². The van der Waals surface area contributed by atoms with E-state index in [1.807, 2.05) is 30.3 Å². The molecule has 2 heterocycles. The lowest BCUT2D eigenvalue weighted by molar-refractivity contribution is -0.136. The zero-order valence-electron chi connectivity index (χ0n) is 13.5. The van der Waals surface area contributed by atoms with Gasteiger partial charge in [0.15, 0.2) is 0 Å². The average Bonchev–Trinajstić information content (AvgIpc) is 3.28. The smallest absolute Gasteiger partial charge is 0.410 e. The van der Waals surface area contributed by atoms with E-state index in [1.165, 1.54) is 4.90 Å². The van der Waals surface area contributed by atoms with Crippen molar-refractivity contribution >= 4 is 23.8 Å². The number of likely N-dealkylation sites (tertiary alicyclic amines) is 1. The van der Waals surface area contributed by atoms with Crippen LogP contribution in [0.4, 0.5) is 4.79 Å². The summed E-state index contributed by atoms with van der Waals surface area (Å²) in [6, 6.07) is 8.87. The van der Waals surface area contributed by atoms with E-state index in [2.05, 4.69) is 0 Å². The molecule has 2 aliphatic heterocycles. The van der Waals surface area contributed by atoms with Crippen LogP contribution in [0.3, 0.4) is 0 Å². The quantitative estimate of drug-likeness (QED) is 0.895. The Balaban J connectivity index is 1.60. The Bertz CT molecular complexity index is 583. The minimum absolute atomic E-state index is 0.0378. The van der Waals surface area contributed by atoms with E-state index < -0.39 is 12.1 Å². The summed E-state index contributed by atoms with van der Waals surface area (Å²) in [6.07, 6.45) is 1.00. The zero-order chi connectivity index (χ0) is 16.9. The Kier molecular flexibility index (Phi) is 5.63. The molecule has 3 rings (SSSR count). The Morgan fingerprint density at radius 2 is 2.04 bits per heavy atom. The Morgan fingerprint density at radius 1 is 1.25 bits per heavy atom. The molecule has 6 nitrogen and oxygen atoms in total. The molecule has 0 aromatic heterocycles. The molecular weight excluding hydrogens is 328 g/mol. The number of hydrogen-bond acceptors (Lipinski definition) is 5. The number of nitrogens with zero attached hydrogens (tertiary/aromatic N) is 2. The van der Waals surface area contributed by atoms with Gasteiger partial charge in [0.05, 0.1) is 18.5 Å². The fraction of sp³-hybridized carbons (Fsp3) is 0.529. The Hall–Kier alpha value is -1.73. The van der Waals surface area contributed by atoms with Crippen LogP contribution in [0.5, 0.6) is 0 Å². The van der Waals surface area contributed by atoms with Gasteiger partial charge in [-0.1, -0.05) is 30.3 Å². The van der Waals surface area contributed by atoms with E-state index in [9.17, 15) is 14.7 Å². The molecule has 130 valence electrons. The molecule has 2 fully saturated rings. The third-order valence-electron chi connectivity index (χ3n) is 4.45. The molecule has 0 unspecified atom stereocenters. The third-order valence-corrected chi connectivity index (χ3v) is 5.53. The first-order valence-electron chi connectivity index (χ1n) is 8.17. The number of carbonyl (C=O) groups is 2. The van der Waals surface area contributed by atoms with Crippen LogP contribution < -0.4 is 0 Å². The van der Waals surface area contributed by atoms with E-state index in [1.54, 1.807) is 16.7 Å². The van der Waals surface area contributed by atoms with Crippen molar-refractivity contribution in [1.82, 2.24) is 9.80 Å². The summed E-state index contributed by atoms with van der Waals surface area (Å²) >= 11 is 1.63. The lowest BCUT2D eigenvalue weighted by Gasteiger charge is -2.29. The highest BCUT2D eigenvalue weighted by molar-refractivity contribution is 7.99. The second kappa shape index (κ2) is 7.90. The molecule has 1 aromatic rings. The normalized spacial score (nSPS) is 23.5. The van der Waals surface area contributed by atoms with Gasteiger partial charge in [0.1, 0.15) is 12.6 Å². The fourth-order valence-corrected chi connectivity index (χ4v) is 4.31. The molecule has 2 atom stereocenters. The van der Waals surface area contributed by atoms with Crippen LogP contribution in [0.25, 0.3) is 0 Å². The first-order chi connectivity index (χ1) is 11.7. The van der Waals surface area contributed by atoms with Crippen molar-refractivity contribution in [2.24, 2.45) is 0 Å². The summed E-state index contributed by atoms with van der Waals surface area (Å²) in [7, 11) is 0. The van der Waals surface area contributed by atoms with E-state index in [4.69, 9.17) is 4.74 Å². The van der Waals surface area contributed by atoms with Crippen LogP contribution >= 0.6 is 11.8 Å². The summed E-state index contributed by atoms with van der Waals surface area (Å²) in [5.74, 6) is 1.24. The van der Waals surface area contributed by atoms with Gasteiger partial charge in [0.2, 0.25) is 5.91 Å². The number of amides is 2. The molecule has 24 heavy (non-hydrogen) atoms. The number of hydrogen-bond donors (Lipinski definition) is 1. The van der Waals surface area contributed by atoms with E-state index in [0.717, 1.165) is 17.7 Å². The standard InChI is InChI=1S/C17H22N2O4S/c20-9-14-11-24-12-19(14)16(21)15-7-4-8-18(15)17(22)23-10-13-5-2-1-3-6-13/h1-3,5-6,14-15,20H,4,7-12H2/t14-,15+/m1/s1. The van der Waals surface area contributed by atoms with Gasteiger partial charge < -0.3 is 14.7 Å². The average molecular weight is 350 g/mol. The number of benzene rings is 1. The lowest BCUT2D eigenvalue weighted by Crippen LogP contribution is -2.50. The number of ether oxygens (including phenoxy) is 1. The molecule has 2 saturated heterocycles.